The van der Waals surface area contributed by atoms with E-state index < -0.39 is 73.5 Å². The summed E-state index contributed by atoms with van der Waals surface area (Å²) in [5.41, 5.74) is 0.390. The summed E-state index contributed by atoms with van der Waals surface area (Å²) in [5, 5.41) is 58.7. The number of carbonyl (C=O) groups is 2. The van der Waals surface area contributed by atoms with E-state index in [1.165, 1.54) is 24.3 Å². The van der Waals surface area contributed by atoms with Crippen molar-refractivity contribution in [2.24, 2.45) is 11.8 Å². The number of rotatable bonds is 6. The fraction of sp³-hybridized carbons (Fsp3) is 0.478. The zero-order valence-electron chi connectivity index (χ0n) is 18.3. The molecule has 0 unspecified atom stereocenters. The van der Waals surface area contributed by atoms with Crippen LogP contribution in [0.4, 0.5) is 0 Å². The normalized spacial score (nSPS) is 36.6. The predicted molar refractivity (Wildman–Crippen MR) is 113 cm³/mol. The number of aliphatic hydroxyl groups excluding tert-OH is 4. The van der Waals surface area contributed by atoms with Gasteiger partial charge in [0.25, 0.3) is 0 Å². The van der Waals surface area contributed by atoms with Gasteiger partial charge in [-0.15, -0.1) is 0 Å². The van der Waals surface area contributed by atoms with Crippen molar-refractivity contribution in [2.75, 3.05) is 6.61 Å². The lowest BCUT2D eigenvalue weighted by molar-refractivity contribution is -0.339. The molecule has 0 bridgehead atoms. The summed E-state index contributed by atoms with van der Waals surface area (Å²) in [6, 6.07) is 5.39. The molecule has 1 saturated heterocycles. The van der Waals surface area contributed by atoms with Crippen LogP contribution in [0.25, 0.3) is 0 Å². The molecule has 35 heavy (non-hydrogen) atoms. The maximum Gasteiger partial charge on any atom is 0.338 e. The minimum atomic E-state index is -1.70. The number of aromatic hydroxyl groups is 1. The van der Waals surface area contributed by atoms with Crippen molar-refractivity contribution in [3.8, 4) is 5.75 Å². The molecule has 1 aliphatic carbocycles. The first-order valence-electron chi connectivity index (χ1n) is 10.9. The molecular formula is C23H26O12. The monoisotopic (exact) mass is 494 g/mol. The number of phenols is 1. The highest BCUT2D eigenvalue weighted by Gasteiger charge is 2.53. The smallest absolute Gasteiger partial charge is 0.338 e. The van der Waals surface area contributed by atoms with Gasteiger partial charge in [-0.2, -0.15) is 0 Å². The van der Waals surface area contributed by atoms with E-state index in [1.54, 1.807) is 0 Å². The van der Waals surface area contributed by atoms with Crippen LogP contribution >= 0.6 is 0 Å². The van der Waals surface area contributed by atoms with Crippen LogP contribution in [0, 0.1) is 11.8 Å². The zero-order chi connectivity index (χ0) is 25.4. The third-order valence-corrected chi connectivity index (χ3v) is 6.48. The molecule has 0 radical (unpaired) electrons. The Morgan fingerprint density at radius 3 is 2.37 bits per heavy atom. The highest BCUT2D eigenvalue weighted by atomic mass is 16.8. The lowest BCUT2D eigenvalue weighted by Gasteiger charge is -2.42. The number of ether oxygens (including phenoxy) is 4. The molecule has 1 aromatic carbocycles. The quantitative estimate of drug-likeness (QED) is 0.214. The first-order valence-corrected chi connectivity index (χ1v) is 10.9. The SMILES string of the molecule is C=C1[C@H]2[C@H](O[C@@H]3O[C@H](CO)[C@@H](O)[C@H](O)[C@H]3O)OC=C(C(=O)O)[C@H]2C[C@@H]1OC(=O)c1ccc(O)cc1. The van der Waals surface area contributed by atoms with Gasteiger partial charge < -0.3 is 49.6 Å². The van der Waals surface area contributed by atoms with Gasteiger partial charge in [-0.05, 0) is 36.3 Å². The van der Waals surface area contributed by atoms with E-state index in [9.17, 15) is 40.2 Å². The number of carbonyl (C=O) groups excluding carboxylic acids is 1. The van der Waals surface area contributed by atoms with E-state index in [0.29, 0.717) is 5.57 Å². The second-order valence-corrected chi connectivity index (χ2v) is 8.60. The molecule has 2 aliphatic heterocycles. The number of aliphatic hydroxyl groups is 4. The Balaban J connectivity index is 1.54. The van der Waals surface area contributed by atoms with Crippen LogP contribution < -0.4 is 0 Å². The summed E-state index contributed by atoms with van der Waals surface area (Å²) in [6.07, 6.45) is -8.77. The number of carboxylic acids is 1. The Hall–Kier alpha value is -3.00. The first kappa shape index (κ1) is 25.1. The van der Waals surface area contributed by atoms with Crippen molar-refractivity contribution in [1.29, 1.82) is 0 Å². The molecule has 12 heteroatoms. The van der Waals surface area contributed by atoms with Crippen LogP contribution in [0.3, 0.4) is 0 Å². The second kappa shape index (κ2) is 9.93. The average Bonchev–Trinajstić information content (AvgIpc) is 3.15. The Morgan fingerprint density at radius 2 is 1.74 bits per heavy atom. The Bertz CT molecular complexity index is 1000. The minimum absolute atomic E-state index is 0.0283. The number of carboxylic acid groups (broad SMARTS) is 1. The number of aliphatic carboxylic acids is 1. The number of phenolic OH excluding ortho intramolecular Hbond substituents is 1. The van der Waals surface area contributed by atoms with Crippen molar-refractivity contribution >= 4 is 11.9 Å². The molecular weight excluding hydrogens is 468 g/mol. The molecule has 1 saturated carbocycles. The van der Waals surface area contributed by atoms with Crippen molar-refractivity contribution in [3.63, 3.8) is 0 Å². The summed E-state index contributed by atoms with van der Waals surface area (Å²) in [4.78, 5) is 24.4. The standard InChI is InChI=1S/C23H26O12/c1-9-14(33-21(31)10-2-4-11(25)5-3-10)6-12-13(20(29)30)8-32-22(16(9)12)35-23-19(28)18(27)17(26)15(7-24)34-23/h2-5,8,12,14-19,22-28H,1,6-7H2,(H,29,30)/t12-,14+,15-,16-,17-,18+,19-,22+,23+/m1/s1. The van der Waals surface area contributed by atoms with E-state index in [0.717, 1.165) is 6.26 Å². The van der Waals surface area contributed by atoms with Crippen LogP contribution in [0.5, 0.6) is 5.75 Å². The largest absolute Gasteiger partial charge is 0.508 e. The summed E-state index contributed by atoms with van der Waals surface area (Å²) >= 11 is 0. The number of hydrogen-bond donors (Lipinski definition) is 6. The van der Waals surface area contributed by atoms with Gasteiger partial charge >= 0.3 is 11.9 Å². The predicted octanol–water partition coefficient (Wildman–Crippen LogP) is -0.749. The third-order valence-electron chi connectivity index (χ3n) is 6.48. The van der Waals surface area contributed by atoms with Gasteiger partial charge in [-0.3, -0.25) is 0 Å². The molecule has 0 aromatic heterocycles. The molecule has 6 N–H and O–H groups in total. The van der Waals surface area contributed by atoms with Crippen molar-refractivity contribution in [1.82, 2.24) is 0 Å². The number of fused-ring (bicyclic) bond motifs is 1. The Morgan fingerprint density at radius 1 is 1.06 bits per heavy atom. The Labute approximate surface area is 199 Å². The highest BCUT2D eigenvalue weighted by Crippen LogP contribution is 2.48. The van der Waals surface area contributed by atoms with E-state index in [2.05, 4.69) is 6.58 Å². The highest BCUT2D eigenvalue weighted by molar-refractivity contribution is 5.90. The molecule has 9 atom stereocenters. The number of benzene rings is 1. The fourth-order valence-electron chi connectivity index (χ4n) is 4.56. The van der Waals surface area contributed by atoms with Gasteiger partial charge in [-0.1, -0.05) is 6.58 Å². The average molecular weight is 494 g/mol. The van der Waals surface area contributed by atoms with E-state index in [1.807, 2.05) is 0 Å². The molecule has 4 rings (SSSR count). The van der Waals surface area contributed by atoms with Crippen molar-refractivity contribution in [2.45, 2.75) is 49.5 Å². The lowest BCUT2D eigenvalue weighted by Crippen LogP contribution is -2.60. The molecule has 190 valence electrons. The van der Waals surface area contributed by atoms with Crippen LogP contribution in [-0.2, 0) is 23.7 Å². The van der Waals surface area contributed by atoms with Gasteiger partial charge in [0, 0.05) is 5.92 Å². The summed E-state index contributed by atoms with van der Waals surface area (Å²) < 4.78 is 22.1. The minimum Gasteiger partial charge on any atom is -0.508 e. The van der Waals surface area contributed by atoms with Gasteiger partial charge in [-0.25, -0.2) is 9.59 Å². The summed E-state index contributed by atoms with van der Waals surface area (Å²) in [5.74, 6) is -3.52. The van der Waals surface area contributed by atoms with Crippen LogP contribution in [-0.4, -0.2) is 92.3 Å². The maximum absolute atomic E-state index is 12.6. The van der Waals surface area contributed by atoms with Crippen LogP contribution in [0.1, 0.15) is 16.8 Å². The molecule has 1 aromatic rings. The lowest BCUT2D eigenvalue weighted by atomic mass is 9.85. The molecule has 3 aliphatic rings. The zero-order valence-corrected chi connectivity index (χ0v) is 18.3. The molecule has 2 heterocycles. The van der Waals surface area contributed by atoms with Gasteiger partial charge in [0.1, 0.15) is 36.3 Å². The number of esters is 1. The van der Waals surface area contributed by atoms with E-state index >= 15 is 0 Å². The fourth-order valence-corrected chi connectivity index (χ4v) is 4.56. The molecule has 0 spiro atoms. The third kappa shape index (κ3) is 4.76. The number of hydrogen-bond acceptors (Lipinski definition) is 11. The Kier molecular flexibility index (Phi) is 7.12. The van der Waals surface area contributed by atoms with Crippen LogP contribution in [0.2, 0.25) is 0 Å². The molecule has 12 nitrogen and oxygen atoms in total. The van der Waals surface area contributed by atoms with Crippen molar-refractivity contribution in [3.05, 3.63) is 53.8 Å². The topological polar surface area (TPSA) is 192 Å². The van der Waals surface area contributed by atoms with Gasteiger partial charge in [0.05, 0.1) is 29.9 Å². The molecule has 2 fully saturated rings. The summed E-state index contributed by atoms with van der Waals surface area (Å²) in [7, 11) is 0. The molecule has 0 amide bonds. The van der Waals surface area contributed by atoms with E-state index in [-0.39, 0.29) is 23.3 Å². The second-order valence-electron chi connectivity index (χ2n) is 8.60. The van der Waals surface area contributed by atoms with E-state index in [4.69, 9.17) is 18.9 Å². The van der Waals surface area contributed by atoms with Crippen molar-refractivity contribution < 1.29 is 59.2 Å². The van der Waals surface area contributed by atoms with Crippen LogP contribution in [0.15, 0.2) is 48.3 Å². The van der Waals surface area contributed by atoms with Gasteiger partial charge in [0.2, 0.25) is 6.29 Å². The summed E-state index contributed by atoms with van der Waals surface area (Å²) in [6.45, 7) is 3.31. The maximum atomic E-state index is 12.6. The van der Waals surface area contributed by atoms with Gasteiger partial charge in [0.15, 0.2) is 6.29 Å². The first-order chi connectivity index (χ1) is 16.6.